The third kappa shape index (κ3) is 4.52. The number of carbonyl (C=O) groups is 1. The average molecular weight is 203 g/mol. The normalized spacial score (nSPS) is 22.7. The molecule has 1 rings (SSSR count). The van der Waals surface area contributed by atoms with Crippen LogP contribution in [0.15, 0.2) is 0 Å². The van der Waals surface area contributed by atoms with Gasteiger partial charge in [-0.05, 0) is 18.6 Å². The highest BCUT2D eigenvalue weighted by Crippen LogP contribution is 2.24. The molecular weight excluding hydrogens is 186 g/mol. The Balaban J connectivity index is 2.06. The van der Waals surface area contributed by atoms with Crippen molar-refractivity contribution in [3.8, 4) is 0 Å². The number of ether oxygens (including phenoxy) is 1. The van der Waals surface area contributed by atoms with Crippen LogP contribution in [0.3, 0.4) is 0 Å². The van der Waals surface area contributed by atoms with Crippen molar-refractivity contribution < 1.29 is 9.53 Å². The first kappa shape index (κ1) is 10.9. The number of thioether (sulfide) groups is 1. The van der Waals surface area contributed by atoms with Gasteiger partial charge in [-0.25, -0.2) is 0 Å². The van der Waals surface area contributed by atoms with Crippen LogP contribution >= 0.6 is 11.8 Å². The Kier molecular flexibility index (Phi) is 5.23. The van der Waals surface area contributed by atoms with E-state index in [0.29, 0.717) is 5.25 Å². The zero-order chi connectivity index (χ0) is 9.52. The summed E-state index contributed by atoms with van der Waals surface area (Å²) < 4.78 is 4.72. The predicted molar refractivity (Wildman–Crippen MR) is 55.0 cm³/mol. The SMILES string of the molecule is COCC(=O)NCC1CCCCS1. The Labute approximate surface area is 83.6 Å². The van der Waals surface area contributed by atoms with Crippen LogP contribution < -0.4 is 5.32 Å². The molecule has 0 aromatic carbocycles. The lowest BCUT2D eigenvalue weighted by atomic mass is 10.2. The molecule has 4 heteroatoms. The summed E-state index contributed by atoms with van der Waals surface area (Å²) >= 11 is 1.97. The van der Waals surface area contributed by atoms with Crippen LogP contribution in [0, 0.1) is 0 Å². The summed E-state index contributed by atoms with van der Waals surface area (Å²) in [5, 5.41) is 3.49. The molecule has 0 radical (unpaired) electrons. The number of carbonyl (C=O) groups excluding carboxylic acids is 1. The van der Waals surface area contributed by atoms with Crippen LogP contribution in [-0.2, 0) is 9.53 Å². The first-order valence-electron chi connectivity index (χ1n) is 4.70. The molecular formula is C9H17NO2S. The Bertz CT molecular complexity index is 158. The highest BCUT2D eigenvalue weighted by atomic mass is 32.2. The fourth-order valence-electron chi connectivity index (χ4n) is 1.38. The second kappa shape index (κ2) is 6.27. The minimum absolute atomic E-state index is 0.00586. The summed E-state index contributed by atoms with van der Waals surface area (Å²) in [6.45, 7) is 0.976. The van der Waals surface area contributed by atoms with Crippen LogP contribution in [0.1, 0.15) is 19.3 Å². The van der Waals surface area contributed by atoms with Gasteiger partial charge in [0.05, 0.1) is 0 Å². The molecule has 76 valence electrons. The lowest BCUT2D eigenvalue weighted by molar-refractivity contribution is -0.124. The smallest absolute Gasteiger partial charge is 0.246 e. The van der Waals surface area contributed by atoms with Crippen molar-refractivity contribution >= 4 is 17.7 Å². The molecule has 0 aromatic heterocycles. The van der Waals surface area contributed by atoms with Gasteiger partial charge >= 0.3 is 0 Å². The van der Waals surface area contributed by atoms with Crippen LogP contribution in [0.4, 0.5) is 0 Å². The third-order valence-corrected chi connectivity index (χ3v) is 3.47. The molecule has 0 aromatic rings. The summed E-state index contributed by atoms with van der Waals surface area (Å²) in [5.74, 6) is 1.24. The molecule has 3 nitrogen and oxygen atoms in total. The van der Waals surface area contributed by atoms with E-state index in [9.17, 15) is 4.79 Å². The summed E-state index contributed by atoms with van der Waals surface area (Å²) in [6, 6.07) is 0. The summed E-state index contributed by atoms with van der Waals surface area (Å²) in [4.78, 5) is 11.0. The van der Waals surface area contributed by atoms with Gasteiger partial charge < -0.3 is 10.1 Å². The molecule has 13 heavy (non-hydrogen) atoms. The molecule has 1 aliphatic rings. The fraction of sp³-hybridized carbons (Fsp3) is 0.889. The van der Waals surface area contributed by atoms with E-state index in [-0.39, 0.29) is 12.5 Å². The molecule has 1 amide bonds. The molecule has 1 heterocycles. The maximum absolute atomic E-state index is 11.0. The van der Waals surface area contributed by atoms with E-state index < -0.39 is 0 Å². The quantitative estimate of drug-likeness (QED) is 0.742. The maximum Gasteiger partial charge on any atom is 0.246 e. The fourth-order valence-corrected chi connectivity index (χ4v) is 2.62. The zero-order valence-corrected chi connectivity index (χ0v) is 8.86. The van der Waals surface area contributed by atoms with Crippen molar-refractivity contribution in [2.24, 2.45) is 0 Å². The summed E-state index contributed by atoms with van der Waals surface area (Å²) in [6.07, 6.45) is 3.86. The number of rotatable bonds is 4. The molecule has 1 unspecified atom stereocenters. The second-order valence-electron chi connectivity index (χ2n) is 3.23. The third-order valence-electron chi connectivity index (χ3n) is 2.08. The van der Waals surface area contributed by atoms with E-state index in [1.54, 1.807) is 0 Å². The van der Waals surface area contributed by atoms with Crippen LogP contribution in [-0.4, -0.2) is 37.2 Å². The van der Waals surface area contributed by atoms with E-state index in [1.807, 2.05) is 11.8 Å². The Morgan fingerprint density at radius 2 is 2.46 bits per heavy atom. The van der Waals surface area contributed by atoms with Gasteiger partial charge in [0, 0.05) is 18.9 Å². The lowest BCUT2D eigenvalue weighted by Gasteiger charge is -2.21. The molecule has 1 saturated heterocycles. The van der Waals surface area contributed by atoms with Gasteiger partial charge in [0.25, 0.3) is 0 Å². The van der Waals surface area contributed by atoms with Crippen molar-refractivity contribution in [3.63, 3.8) is 0 Å². The predicted octanol–water partition coefficient (Wildman–Crippen LogP) is 1.03. The molecule has 0 spiro atoms. The summed E-state index contributed by atoms with van der Waals surface area (Å²) in [7, 11) is 1.54. The highest BCUT2D eigenvalue weighted by molar-refractivity contribution is 7.99. The molecule has 0 saturated carbocycles. The van der Waals surface area contributed by atoms with Gasteiger partial charge in [-0.2, -0.15) is 11.8 Å². The number of nitrogens with one attached hydrogen (secondary N) is 1. The van der Waals surface area contributed by atoms with Crippen LogP contribution in [0.5, 0.6) is 0 Å². The summed E-state index contributed by atoms with van der Waals surface area (Å²) in [5.41, 5.74) is 0. The van der Waals surface area contributed by atoms with Gasteiger partial charge in [0.1, 0.15) is 6.61 Å². The number of amides is 1. The van der Waals surface area contributed by atoms with E-state index >= 15 is 0 Å². The van der Waals surface area contributed by atoms with Gasteiger partial charge in [0.15, 0.2) is 0 Å². The van der Waals surface area contributed by atoms with Crippen molar-refractivity contribution in [2.75, 3.05) is 26.0 Å². The molecule has 0 aliphatic carbocycles. The van der Waals surface area contributed by atoms with Crippen molar-refractivity contribution in [2.45, 2.75) is 24.5 Å². The van der Waals surface area contributed by atoms with E-state index in [1.165, 1.54) is 32.1 Å². The van der Waals surface area contributed by atoms with Crippen LogP contribution in [0.2, 0.25) is 0 Å². The molecule has 1 atom stereocenters. The molecule has 1 N–H and O–H groups in total. The minimum Gasteiger partial charge on any atom is -0.375 e. The van der Waals surface area contributed by atoms with Gasteiger partial charge in [-0.1, -0.05) is 6.42 Å². The highest BCUT2D eigenvalue weighted by Gasteiger charge is 2.14. The molecule has 1 aliphatic heterocycles. The van der Waals surface area contributed by atoms with Gasteiger partial charge in [-0.15, -0.1) is 0 Å². The Morgan fingerprint density at radius 1 is 1.62 bits per heavy atom. The topological polar surface area (TPSA) is 38.3 Å². The second-order valence-corrected chi connectivity index (χ2v) is 4.63. The number of methoxy groups -OCH3 is 1. The molecule has 0 bridgehead atoms. The average Bonchev–Trinajstić information content (AvgIpc) is 2.17. The number of hydrogen-bond donors (Lipinski definition) is 1. The number of hydrogen-bond acceptors (Lipinski definition) is 3. The van der Waals surface area contributed by atoms with Crippen molar-refractivity contribution in [1.29, 1.82) is 0 Å². The van der Waals surface area contributed by atoms with E-state index in [2.05, 4.69) is 5.32 Å². The minimum atomic E-state index is -0.00586. The standard InChI is InChI=1S/C9H17NO2S/c1-12-7-9(11)10-6-8-4-2-3-5-13-8/h8H,2-7H2,1H3,(H,10,11). The van der Waals surface area contributed by atoms with E-state index in [4.69, 9.17) is 4.74 Å². The van der Waals surface area contributed by atoms with Crippen LogP contribution in [0.25, 0.3) is 0 Å². The monoisotopic (exact) mass is 203 g/mol. The van der Waals surface area contributed by atoms with Gasteiger partial charge in [0.2, 0.25) is 5.91 Å². The first-order chi connectivity index (χ1) is 6.33. The van der Waals surface area contributed by atoms with E-state index in [0.717, 1.165) is 6.54 Å². The maximum atomic E-state index is 11.0. The van der Waals surface area contributed by atoms with Crippen molar-refractivity contribution in [3.05, 3.63) is 0 Å². The Morgan fingerprint density at radius 3 is 3.08 bits per heavy atom. The largest absolute Gasteiger partial charge is 0.375 e. The Hall–Kier alpha value is -0.220. The van der Waals surface area contributed by atoms with Gasteiger partial charge in [-0.3, -0.25) is 4.79 Å². The zero-order valence-electron chi connectivity index (χ0n) is 8.04. The van der Waals surface area contributed by atoms with Crippen molar-refractivity contribution in [1.82, 2.24) is 5.32 Å². The molecule has 1 fully saturated rings. The lowest BCUT2D eigenvalue weighted by Crippen LogP contribution is -2.34. The first-order valence-corrected chi connectivity index (χ1v) is 5.75.